The Morgan fingerprint density at radius 2 is 1.95 bits per heavy atom. The Morgan fingerprint density at radius 3 is 2.50 bits per heavy atom. The maximum absolute atomic E-state index is 7.54. The van der Waals surface area contributed by atoms with E-state index in [0.717, 1.165) is 29.9 Å². The van der Waals surface area contributed by atoms with E-state index in [1.54, 1.807) is 0 Å². The second kappa shape index (κ2) is 6.19. The van der Waals surface area contributed by atoms with Crippen LogP contribution in [0, 0.1) is 12.3 Å². The van der Waals surface area contributed by atoms with Crippen LogP contribution in [0.25, 0.3) is 0 Å². The lowest BCUT2D eigenvalue weighted by molar-refractivity contribution is 0.829. The molecule has 0 aliphatic heterocycles. The highest BCUT2D eigenvalue weighted by Gasteiger charge is 2.08. The van der Waals surface area contributed by atoms with Crippen LogP contribution in [0.1, 0.15) is 23.6 Å². The Hall–Kier alpha value is -2.36. The van der Waals surface area contributed by atoms with E-state index in [9.17, 15) is 0 Å². The summed E-state index contributed by atoms with van der Waals surface area (Å²) >= 11 is 0. The first-order chi connectivity index (χ1) is 9.61. The Kier molecular flexibility index (Phi) is 4.35. The molecule has 0 bridgehead atoms. The van der Waals surface area contributed by atoms with Gasteiger partial charge in [-0.2, -0.15) is 0 Å². The molecule has 0 aliphatic rings. The van der Waals surface area contributed by atoms with Gasteiger partial charge in [0.2, 0.25) is 0 Å². The molecule has 0 saturated heterocycles. The molecule has 0 radical (unpaired) electrons. The molecule has 104 valence electrons. The number of nitrogen functional groups attached to an aromatic ring is 1. The van der Waals surface area contributed by atoms with Crippen LogP contribution < -0.4 is 10.6 Å². The summed E-state index contributed by atoms with van der Waals surface area (Å²) in [6, 6.07) is 10.1. The summed E-state index contributed by atoms with van der Waals surface area (Å²) in [6.45, 7) is 5.88. The minimum Gasteiger partial charge on any atom is -0.384 e. The number of aromatic nitrogens is 1. The van der Waals surface area contributed by atoms with Crippen LogP contribution >= 0.6 is 0 Å². The van der Waals surface area contributed by atoms with Crippen molar-refractivity contribution in [3.8, 4) is 0 Å². The molecule has 1 heterocycles. The third-order valence-corrected chi connectivity index (χ3v) is 3.37. The summed E-state index contributed by atoms with van der Waals surface area (Å²) in [4.78, 5) is 6.32. The number of nitrogens with one attached hydrogen (secondary N) is 1. The van der Waals surface area contributed by atoms with E-state index >= 15 is 0 Å². The molecule has 0 fully saturated rings. The summed E-state index contributed by atoms with van der Waals surface area (Å²) in [5.74, 6) is 0.117. The quantitative estimate of drug-likeness (QED) is 0.647. The van der Waals surface area contributed by atoms with E-state index < -0.39 is 0 Å². The molecular formula is C16H20N4. The largest absolute Gasteiger partial charge is 0.384 e. The predicted octanol–water partition coefficient (Wildman–Crippen LogP) is 2.70. The van der Waals surface area contributed by atoms with Crippen molar-refractivity contribution in [2.24, 2.45) is 5.73 Å². The van der Waals surface area contributed by atoms with Gasteiger partial charge in [-0.1, -0.05) is 0 Å². The van der Waals surface area contributed by atoms with Crippen LogP contribution in [0.4, 0.5) is 5.69 Å². The van der Waals surface area contributed by atoms with Gasteiger partial charge in [-0.25, -0.2) is 0 Å². The number of hydrogen-bond acceptors (Lipinski definition) is 3. The van der Waals surface area contributed by atoms with Gasteiger partial charge in [0.1, 0.15) is 5.84 Å². The predicted molar refractivity (Wildman–Crippen MR) is 83.2 cm³/mol. The van der Waals surface area contributed by atoms with E-state index in [2.05, 4.69) is 22.9 Å². The van der Waals surface area contributed by atoms with E-state index in [-0.39, 0.29) is 5.84 Å². The van der Waals surface area contributed by atoms with Crippen LogP contribution in [-0.2, 0) is 6.54 Å². The number of anilines is 1. The number of amidine groups is 1. The van der Waals surface area contributed by atoms with Crippen LogP contribution in [0.5, 0.6) is 0 Å². The highest BCUT2D eigenvalue weighted by Crippen LogP contribution is 2.20. The molecule has 2 rings (SSSR count). The molecule has 0 spiro atoms. The smallest absolute Gasteiger partial charge is 0.123 e. The topological polar surface area (TPSA) is 66.0 Å². The number of rotatable bonds is 5. The van der Waals surface area contributed by atoms with Crippen molar-refractivity contribution in [2.45, 2.75) is 20.4 Å². The molecule has 20 heavy (non-hydrogen) atoms. The van der Waals surface area contributed by atoms with Gasteiger partial charge in [0.15, 0.2) is 0 Å². The van der Waals surface area contributed by atoms with Gasteiger partial charge in [-0.3, -0.25) is 10.4 Å². The fourth-order valence-corrected chi connectivity index (χ4v) is 2.24. The molecule has 1 aromatic heterocycles. The van der Waals surface area contributed by atoms with Crippen molar-refractivity contribution in [1.82, 2.24) is 4.98 Å². The first-order valence-electron chi connectivity index (χ1n) is 6.70. The molecule has 0 saturated carbocycles. The molecule has 0 aliphatic carbocycles. The number of hydrogen-bond donors (Lipinski definition) is 2. The first-order valence-corrected chi connectivity index (χ1v) is 6.70. The van der Waals surface area contributed by atoms with Gasteiger partial charge in [0.05, 0.1) is 0 Å². The third-order valence-electron chi connectivity index (χ3n) is 3.37. The Balaban J connectivity index is 2.24. The van der Waals surface area contributed by atoms with Crippen LogP contribution in [-0.4, -0.2) is 17.4 Å². The lowest BCUT2D eigenvalue weighted by Gasteiger charge is -2.24. The van der Waals surface area contributed by atoms with Gasteiger partial charge in [-0.05, 0) is 55.3 Å². The molecule has 0 amide bonds. The monoisotopic (exact) mass is 268 g/mol. The average Bonchev–Trinajstić information content (AvgIpc) is 2.45. The van der Waals surface area contributed by atoms with Gasteiger partial charge >= 0.3 is 0 Å². The second-order valence-electron chi connectivity index (χ2n) is 4.78. The lowest BCUT2D eigenvalue weighted by atomic mass is 10.1. The van der Waals surface area contributed by atoms with Gasteiger partial charge in [-0.15, -0.1) is 0 Å². The van der Waals surface area contributed by atoms with Crippen molar-refractivity contribution in [1.29, 1.82) is 5.41 Å². The summed E-state index contributed by atoms with van der Waals surface area (Å²) in [6.07, 6.45) is 3.63. The average molecular weight is 268 g/mol. The Morgan fingerprint density at radius 1 is 1.25 bits per heavy atom. The normalized spacial score (nSPS) is 10.3. The van der Waals surface area contributed by atoms with E-state index in [1.165, 1.54) is 5.56 Å². The molecule has 4 nitrogen and oxygen atoms in total. The van der Waals surface area contributed by atoms with Crippen LogP contribution in [0.2, 0.25) is 0 Å². The van der Waals surface area contributed by atoms with Crippen molar-refractivity contribution in [2.75, 3.05) is 11.4 Å². The van der Waals surface area contributed by atoms with Crippen molar-refractivity contribution in [3.05, 3.63) is 59.4 Å². The Labute approximate surface area is 119 Å². The zero-order valence-electron chi connectivity index (χ0n) is 11.9. The number of pyridine rings is 1. The molecule has 0 atom stereocenters. The summed E-state index contributed by atoms with van der Waals surface area (Å²) in [5, 5.41) is 7.54. The zero-order valence-corrected chi connectivity index (χ0v) is 11.9. The van der Waals surface area contributed by atoms with Crippen molar-refractivity contribution < 1.29 is 0 Å². The highest BCUT2D eigenvalue weighted by atomic mass is 15.1. The number of aryl methyl sites for hydroxylation is 1. The standard InChI is InChI=1S/C16H20N4/c1-3-20(11-13-6-8-19-9-7-13)14-4-5-15(16(17)18)12(2)10-14/h4-10H,3,11H2,1-2H3,(H3,17,18). The molecule has 0 unspecified atom stereocenters. The number of benzene rings is 1. The van der Waals surface area contributed by atoms with E-state index in [1.807, 2.05) is 43.6 Å². The summed E-state index contributed by atoms with van der Waals surface area (Å²) in [7, 11) is 0. The van der Waals surface area contributed by atoms with Gasteiger partial charge in [0, 0.05) is 36.7 Å². The maximum Gasteiger partial charge on any atom is 0.123 e. The van der Waals surface area contributed by atoms with Gasteiger partial charge < -0.3 is 10.6 Å². The minimum atomic E-state index is 0.117. The highest BCUT2D eigenvalue weighted by molar-refractivity contribution is 5.96. The minimum absolute atomic E-state index is 0.117. The molecule has 1 aromatic carbocycles. The second-order valence-corrected chi connectivity index (χ2v) is 4.78. The summed E-state index contributed by atoms with van der Waals surface area (Å²) in [5.41, 5.74) is 9.77. The number of nitrogens with zero attached hydrogens (tertiary/aromatic N) is 2. The first kappa shape index (κ1) is 14.1. The molecule has 3 N–H and O–H groups in total. The van der Waals surface area contributed by atoms with E-state index in [4.69, 9.17) is 11.1 Å². The van der Waals surface area contributed by atoms with E-state index in [0.29, 0.717) is 0 Å². The SMILES string of the molecule is CCN(Cc1ccncc1)c1ccc(C(=N)N)c(C)c1. The fourth-order valence-electron chi connectivity index (χ4n) is 2.24. The van der Waals surface area contributed by atoms with Crippen molar-refractivity contribution >= 4 is 11.5 Å². The summed E-state index contributed by atoms with van der Waals surface area (Å²) < 4.78 is 0. The molecule has 2 aromatic rings. The van der Waals surface area contributed by atoms with Gasteiger partial charge in [0.25, 0.3) is 0 Å². The number of nitrogens with two attached hydrogens (primary N) is 1. The maximum atomic E-state index is 7.54. The fraction of sp³-hybridized carbons (Fsp3) is 0.250. The van der Waals surface area contributed by atoms with Crippen molar-refractivity contribution in [3.63, 3.8) is 0 Å². The van der Waals surface area contributed by atoms with Crippen LogP contribution in [0.3, 0.4) is 0 Å². The zero-order chi connectivity index (χ0) is 14.5. The Bertz CT molecular complexity index is 593. The molecular weight excluding hydrogens is 248 g/mol. The van der Waals surface area contributed by atoms with Crippen LogP contribution in [0.15, 0.2) is 42.7 Å². The molecule has 4 heteroatoms. The third kappa shape index (κ3) is 3.15. The lowest BCUT2D eigenvalue weighted by Crippen LogP contribution is -2.22.